The van der Waals surface area contributed by atoms with Crippen molar-refractivity contribution < 1.29 is 13.9 Å². The van der Waals surface area contributed by atoms with Crippen LogP contribution in [0.25, 0.3) is 0 Å². The highest BCUT2D eigenvalue weighted by molar-refractivity contribution is 5.87. The van der Waals surface area contributed by atoms with Gasteiger partial charge in [-0.2, -0.15) is 4.98 Å². The van der Waals surface area contributed by atoms with Gasteiger partial charge in [0.15, 0.2) is 5.69 Å². The van der Waals surface area contributed by atoms with Gasteiger partial charge in [-0.3, -0.25) is 0 Å². The Labute approximate surface area is 123 Å². The van der Waals surface area contributed by atoms with E-state index in [1.54, 1.807) is 6.92 Å². The average molecular weight is 289 g/mol. The first-order chi connectivity index (χ1) is 10.2. The first-order valence-corrected chi connectivity index (χ1v) is 6.87. The molecule has 2 aromatic rings. The third-order valence-corrected chi connectivity index (χ3v) is 2.89. The van der Waals surface area contributed by atoms with Crippen LogP contribution >= 0.6 is 0 Å². The lowest BCUT2D eigenvalue weighted by Gasteiger charge is -2.04. The minimum Gasteiger partial charge on any atom is -0.461 e. The van der Waals surface area contributed by atoms with Crippen LogP contribution in [0.5, 0.6) is 0 Å². The molecule has 3 N–H and O–H groups in total. The van der Waals surface area contributed by atoms with Crippen molar-refractivity contribution in [1.82, 2.24) is 4.98 Å². The smallest absolute Gasteiger partial charge is 0.360 e. The zero-order chi connectivity index (χ0) is 15.1. The Balaban J connectivity index is 1.89. The SMILES string of the molecule is CCOC(=O)c1coc(NCc2ccc(CCN)cc2)n1. The summed E-state index contributed by atoms with van der Waals surface area (Å²) in [6.45, 7) is 3.26. The maximum absolute atomic E-state index is 11.4. The summed E-state index contributed by atoms with van der Waals surface area (Å²) < 4.78 is 10.0. The van der Waals surface area contributed by atoms with Crippen molar-refractivity contribution in [2.45, 2.75) is 19.9 Å². The zero-order valence-corrected chi connectivity index (χ0v) is 12.0. The zero-order valence-electron chi connectivity index (χ0n) is 12.0. The molecule has 0 amide bonds. The van der Waals surface area contributed by atoms with Crippen LogP contribution in [0.2, 0.25) is 0 Å². The molecule has 0 aliphatic carbocycles. The van der Waals surface area contributed by atoms with Crippen LogP contribution in [-0.2, 0) is 17.7 Å². The van der Waals surface area contributed by atoms with Crippen LogP contribution < -0.4 is 11.1 Å². The fourth-order valence-electron chi connectivity index (χ4n) is 1.82. The summed E-state index contributed by atoms with van der Waals surface area (Å²) in [7, 11) is 0. The van der Waals surface area contributed by atoms with E-state index in [0.717, 1.165) is 12.0 Å². The molecule has 0 spiro atoms. The van der Waals surface area contributed by atoms with Crippen molar-refractivity contribution in [3.8, 4) is 0 Å². The molecule has 0 aliphatic rings. The van der Waals surface area contributed by atoms with Crippen LogP contribution in [-0.4, -0.2) is 24.1 Å². The van der Waals surface area contributed by atoms with Crippen LogP contribution in [0.1, 0.15) is 28.5 Å². The van der Waals surface area contributed by atoms with Gasteiger partial charge in [0.25, 0.3) is 6.01 Å². The number of rotatable bonds is 7. The average Bonchev–Trinajstić information content (AvgIpc) is 2.96. The van der Waals surface area contributed by atoms with Gasteiger partial charge in [0.05, 0.1) is 6.61 Å². The maximum atomic E-state index is 11.4. The second-order valence-corrected chi connectivity index (χ2v) is 4.47. The van der Waals surface area contributed by atoms with E-state index in [1.165, 1.54) is 11.8 Å². The predicted octanol–water partition coefficient (Wildman–Crippen LogP) is 1.96. The molecule has 0 saturated carbocycles. The number of ether oxygens (including phenoxy) is 1. The number of nitrogens with zero attached hydrogens (tertiary/aromatic N) is 1. The topological polar surface area (TPSA) is 90.4 Å². The van der Waals surface area contributed by atoms with E-state index in [0.29, 0.717) is 25.7 Å². The van der Waals surface area contributed by atoms with E-state index < -0.39 is 5.97 Å². The molecule has 6 nitrogen and oxygen atoms in total. The number of carbonyl (C=O) groups excluding carboxylic acids is 1. The second kappa shape index (κ2) is 7.44. The van der Waals surface area contributed by atoms with Crippen LogP contribution in [0, 0.1) is 0 Å². The molecule has 2 rings (SSSR count). The van der Waals surface area contributed by atoms with E-state index in [-0.39, 0.29) is 5.69 Å². The molecule has 0 bridgehead atoms. The summed E-state index contributed by atoms with van der Waals surface area (Å²) in [5.74, 6) is -0.486. The number of nitrogens with one attached hydrogen (secondary N) is 1. The van der Waals surface area contributed by atoms with E-state index in [4.69, 9.17) is 14.9 Å². The Morgan fingerprint density at radius 2 is 2.05 bits per heavy atom. The molecule has 0 atom stereocenters. The van der Waals surface area contributed by atoms with E-state index in [1.807, 2.05) is 24.3 Å². The van der Waals surface area contributed by atoms with Crippen LogP contribution in [0.4, 0.5) is 6.01 Å². The number of carbonyl (C=O) groups is 1. The highest BCUT2D eigenvalue weighted by Gasteiger charge is 2.12. The lowest BCUT2D eigenvalue weighted by molar-refractivity contribution is 0.0519. The van der Waals surface area contributed by atoms with Crippen molar-refractivity contribution in [3.63, 3.8) is 0 Å². The molecule has 0 aliphatic heterocycles. The number of oxazole rings is 1. The quantitative estimate of drug-likeness (QED) is 0.757. The summed E-state index contributed by atoms with van der Waals surface area (Å²) in [6, 6.07) is 8.43. The van der Waals surface area contributed by atoms with Gasteiger partial charge in [0.2, 0.25) is 0 Å². The van der Waals surface area contributed by atoms with Gasteiger partial charge in [-0.1, -0.05) is 24.3 Å². The number of benzene rings is 1. The second-order valence-electron chi connectivity index (χ2n) is 4.47. The highest BCUT2D eigenvalue weighted by atomic mass is 16.5. The Bertz CT molecular complexity index is 578. The minimum atomic E-state index is -0.486. The molecule has 0 fully saturated rings. The summed E-state index contributed by atoms with van der Waals surface area (Å²) in [6.07, 6.45) is 2.15. The number of nitrogens with two attached hydrogens (primary N) is 1. The molecule has 0 unspecified atom stereocenters. The number of anilines is 1. The van der Waals surface area contributed by atoms with Gasteiger partial charge in [0, 0.05) is 6.54 Å². The Hall–Kier alpha value is -2.34. The summed E-state index contributed by atoms with van der Waals surface area (Å²) in [5, 5.41) is 3.02. The molecular formula is C15H19N3O3. The normalized spacial score (nSPS) is 10.4. The predicted molar refractivity (Wildman–Crippen MR) is 79.0 cm³/mol. The van der Waals surface area contributed by atoms with E-state index in [9.17, 15) is 4.79 Å². The molecule has 1 heterocycles. The number of esters is 1. The van der Waals surface area contributed by atoms with Gasteiger partial charge < -0.3 is 20.2 Å². The number of hydrogen-bond acceptors (Lipinski definition) is 6. The van der Waals surface area contributed by atoms with Gasteiger partial charge in [0.1, 0.15) is 6.26 Å². The molecular weight excluding hydrogens is 270 g/mol. The summed E-state index contributed by atoms with van der Waals surface area (Å²) >= 11 is 0. The van der Waals surface area contributed by atoms with E-state index in [2.05, 4.69) is 10.3 Å². The Morgan fingerprint density at radius 3 is 2.71 bits per heavy atom. The van der Waals surface area contributed by atoms with Gasteiger partial charge >= 0.3 is 5.97 Å². The lowest BCUT2D eigenvalue weighted by atomic mass is 10.1. The lowest BCUT2D eigenvalue weighted by Crippen LogP contribution is -2.06. The Kier molecular flexibility index (Phi) is 5.34. The largest absolute Gasteiger partial charge is 0.461 e. The molecule has 6 heteroatoms. The highest BCUT2D eigenvalue weighted by Crippen LogP contribution is 2.11. The van der Waals surface area contributed by atoms with Crippen molar-refractivity contribution in [1.29, 1.82) is 0 Å². The van der Waals surface area contributed by atoms with Crippen molar-refractivity contribution in [2.24, 2.45) is 5.73 Å². The van der Waals surface area contributed by atoms with Crippen molar-refractivity contribution >= 4 is 12.0 Å². The summed E-state index contributed by atoms with van der Waals surface area (Å²) in [4.78, 5) is 15.5. The first kappa shape index (κ1) is 15.1. The monoisotopic (exact) mass is 289 g/mol. The molecule has 21 heavy (non-hydrogen) atoms. The standard InChI is InChI=1S/C15H19N3O3/c1-2-20-14(19)13-10-21-15(18-13)17-9-12-5-3-11(4-6-12)7-8-16/h3-6,10H,2,7-9,16H2,1H3,(H,17,18). The fraction of sp³-hybridized carbons (Fsp3) is 0.333. The molecule has 112 valence electrons. The maximum Gasteiger partial charge on any atom is 0.360 e. The fourth-order valence-corrected chi connectivity index (χ4v) is 1.82. The molecule has 1 aromatic heterocycles. The third-order valence-electron chi connectivity index (χ3n) is 2.89. The minimum absolute atomic E-state index is 0.164. The van der Waals surface area contributed by atoms with Gasteiger partial charge in [-0.05, 0) is 31.0 Å². The number of aromatic nitrogens is 1. The molecule has 0 saturated heterocycles. The Morgan fingerprint density at radius 1 is 1.33 bits per heavy atom. The summed E-state index contributed by atoms with van der Waals surface area (Å²) in [5.41, 5.74) is 7.97. The van der Waals surface area contributed by atoms with Crippen molar-refractivity contribution in [2.75, 3.05) is 18.5 Å². The molecule has 1 aromatic carbocycles. The first-order valence-electron chi connectivity index (χ1n) is 6.87. The number of hydrogen-bond donors (Lipinski definition) is 2. The van der Waals surface area contributed by atoms with Crippen molar-refractivity contribution in [3.05, 3.63) is 47.3 Å². The van der Waals surface area contributed by atoms with Crippen LogP contribution in [0.3, 0.4) is 0 Å². The molecule has 0 radical (unpaired) electrons. The third kappa shape index (κ3) is 4.32. The van der Waals surface area contributed by atoms with Gasteiger partial charge in [-0.25, -0.2) is 4.79 Å². The van der Waals surface area contributed by atoms with Crippen LogP contribution in [0.15, 0.2) is 34.9 Å². The van der Waals surface area contributed by atoms with Gasteiger partial charge in [-0.15, -0.1) is 0 Å². The van der Waals surface area contributed by atoms with E-state index >= 15 is 0 Å².